The van der Waals surface area contributed by atoms with Crippen molar-refractivity contribution in [2.24, 2.45) is 0 Å². The molecule has 0 aromatic heterocycles. The normalized spacial score (nSPS) is 10.6. The molecule has 0 atom stereocenters. The SMILES string of the molecule is C#CC(C)(C)NC(=O)c1c(Cl)cccc1[N+](=O)[O-]. The van der Waals surface area contributed by atoms with E-state index in [0.717, 1.165) is 0 Å². The van der Waals surface area contributed by atoms with Crippen LogP contribution in [0, 0.1) is 22.5 Å². The summed E-state index contributed by atoms with van der Waals surface area (Å²) >= 11 is 5.82. The average Bonchev–Trinajstić information content (AvgIpc) is 2.27. The standard InChI is InChI=1S/C12H11ClN2O3/c1-4-12(2,3)14-11(16)10-8(13)6-5-7-9(10)15(17)18/h1,5-7H,2-3H3,(H,14,16). The molecule has 0 spiro atoms. The predicted molar refractivity (Wildman–Crippen MR) is 68.5 cm³/mol. The van der Waals surface area contributed by atoms with Crippen LogP contribution < -0.4 is 5.32 Å². The number of hydrogen-bond acceptors (Lipinski definition) is 3. The molecule has 18 heavy (non-hydrogen) atoms. The Morgan fingerprint density at radius 3 is 2.67 bits per heavy atom. The number of nitro benzene ring substituents is 1. The first-order chi connectivity index (χ1) is 8.28. The molecule has 0 heterocycles. The van der Waals surface area contributed by atoms with E-state index in [1.54, 1.807) is 13.8 Å². The molecule has 0 fully saturated rings. The quantitative estimate of drug-likeness (QED) is 0.519. The topological polar surface area (TPSA) is 72.2 Å². The summed E-state index contributed by atoms with van der Waals surface area (Å²) in [7, 11) is 0. The van der Waals surface area contributed by atoms with Crippen LogP contribution in [0.4, 0.5) is 5.69 Å². The summed E-state index contributed by atoms with van der Waals surface area (Å²) in [6.07, 6.45) is 5.24. The van der Waals surface area contributed by atoms with Gasteiger partial charge in [0, 0.05) is 6.07 Å². The molecule has 1 N–H and O–H groups in total. The number of rotatable bonds is 3. The van der Waals surface area contributed by atoms with Crippen molar-refractivity contribution in [1.82, 2.24) is 5.32 Å². The minimum absolute atomic E-state index is 0.00882. The number of carbonyl (C=O) groups is 1. The Morgan fingerprint density at radius 1 is 1.56 bits per heavy atom. The van der Waals surface area contributed by atoms with E-state index in [1.807, 2.05) is 0 Å². The molecule has 0 radical (unpaired) electrons. The molecule has 1 aromatic carbocycles. The largest absolute Gasteiger partial charge is 0.336 e. The second kappa shape index (κ2) is 5.07. The van der Waals surface area contributed by atoms with Crippen LogP contribution in [0.1, 0.15) is 24.2 Å². The highest BCUT2D eigenvalue weighted by Gasteiger charge is 2.26. The number of benzene rings is 1. The maximum atomic E-state index is 12.0. The molecule has 0 bridgehead atoms. The van der Waals surface area contributed by atoms with Crippen LogP contribution in [0.25, 0.3) is 0 Å². The lowest BCUT2D eigenvalue weighted by atomic mass is 10.1. The van der Waals surface area contributed by atoms with Crippen molar-refractivity contribution >= 4 is 23.2 Å². The number of amides is 1. The monoisotopic (exact) mass is 266 g/mol. The minimum atomic E-state index is -0.913. The van der Waals surface area contributed by atoms with Gasteiger partial charge in [-0.15, -0.1) is 6.42 Å². The maximum Gasteiger partial charge on any atom is 0.283 e. The molecule has 0 aliphatic heterocycles. The lowest BCUT2D eigenvalue weighted by Crippen LogP contribution is -2.42. The molecule has 0 unspecified atom stereocenters. The molecule has 1 aromatic rings. The van der Waals surface area contributed by atoms with Gasteiger partial charge in [0.1, 0.15) is 5.56 Å². The summed E-state index contributed by atoms with van der Waals surface area (Å²) in [5.41, 5.74) is -1.45. The Morgan fingerprint density at radius 2 is 2.17 bits per heavy atom. The first-order valence-electron chi connectivity index (χ1n) is 5.01. The number of nitrogens with one attached hydrogen (secondary N) is 1. The second-order valence-electron chi connectivity index (χ2n) is 4.11. The van der Waals surface area contributed by atoms with E-state index in [9.17, 15) is 14.9 Å². The summed E-state index contributed by atoms with van der Waals surface area (Å²) < 4.78 is 0. The van der Waals surface area contributed by atoms with Crippen molar-refractivity contribution in [3.05, 3.63) is 38.9 Å². The van der Waals surface area contributed by atoms with Crippen LogP contribution in [-0.4, -0.2) is 16.4 Å². The smallest absolute Gasteiger partial charge is 0.283 e. The van der Waals surface area contributed by atoms with Crippen molar-refractivity contribution < 1.29 is 9.72 Å². The molecule has 94 valence electrons. The van der Waals surface area contributed by atoms with Gasteiger partial charge in [-0.1, -0.05) is 23.6 Å². The summed E-state index contributed by atoms with van der Waals surface area (Å²) in [6.45, 7) is 3.21. The molecule has 1 rings (SSSR count). The number of nitro groups is 1. The average molecular weight is 267 g/mol. The summed E-state index contributed by atoms with van der Waals surface area (Å²) in [4.78, 5) is 22.1. The third-order valence-corrected chi connectivity index (χ3v) is 2.52. The fraction of sp³-hybridized carbons (Fsp3) is 0.250. The van der Waals surface area contributed by atoms with Gasteiger partial charge in [-0.05, 0) is 19.9 Å². The minimum Gasteiger partial charge on any atom is -0.336 e. The van der Waals surface area contributed by atoms with Crippen molar-refractivity contribution in [1.29, 1.82) is 0 Å². The molecule has 5 nitrogen and oxygen atoms in total. The molecular formula is C12H11ClN2O3. The van der Waals surface area contributed by atoms with Gasteiger partial charge in [0.2, 0.25) is 0 Å². The molecular weight excluding hydrogens is 256 g/mol. The van der Waals surface area contributed by atoms with Crippen LogP contribution in [0.5, 0.6) is 0 Å². The highest BCUT2D eigenvalue weighted by molar-refractivity contribution is 6.34. The third kappa shape index (κ3) is 2.99. The Hall–Kier alpha value is -2.06. The molecule has 0 aliphatic carbocycles. The Bertz CT molecular complexity index is 547. The third-order valence-electron chi connectivity index (χ3n) is 2.20. The lowest BCUT2D eigenvalue weighted by molar-refractivity contribution is -0.385. The van der Waals surface area contributed by atoms with Gasteiger partial charge in [-0.25, -0.2) is 0 Å². The number of hydrogen-bond donors (Lipinski definition) is 1. The number of halogens is 1. The van der Waals surface area contributed by atoms with Crippen molar-refractivity contribution in [3.8, 4) is 12.3 Å². The van der Waals surface area contributed by atoms with E-state index in [1.165, 1.54) is 18.2 Å². The first-order valence-corrected chi connectivity index (χ1v) is 5.39. The van der Waals surface area contributed by atoms with Gasteiger partial charge in [0.25, 0.3) is 11.6 Å². The van der Waals surface area contributed by atoms with E-state index >= 15 is 0 Å². The summed E-state index contributed by atoms with van der Waals surface area (Å²) in [6, 6.07) is 4.03. The lowest BCUT2D eigenvalue weighted by Gasteiger charge is -2.19. The second-order valence-corrected chi connectivity index (χ2v) is 4.52. The number of terminal acetylenes is 1. The predicted octanol–water partition coefficient (Wildman–Crippen LogP) is 2.39. The van der Waals surface area contributed by atoms with E-state index in [4.69, 9.17) is 18.0 Å². The van der Waals surface area contributed by atoms with Gasteiger partial charge < -0.3 is 5.32 Å². The summed E-state index contributed by atoms with van der Waals surface area (Å²) in [5, 5.41) is 13.3. The van der Waals surface area contributed by atoms with Gasteiger partial charge >= 0.3 is 0 Å². The van der Waals surface area contributed by atoms with Crippen molar-refractivity contribution in [2.45, 2.75) is 19.4 Å². The highest BCUT2D eigenvalue weighted by atomic mass is 35.5. The van der Waals surface area contributed by atoms with E-state index in [0.29, 0.717) is 0 Å². The molecule has 6 heteroatoms. The van der Waals surface area contributed by atoms with Crippen LogP contribution in [0.15, 0.2) is 18.2 Å². The Kier molecular flexibility index (Phi) is 3.94. The van der Waals surface area contributed by atoms with E-state index < -0.39 is 16.4 Å². The summed E-state index contributed by atoms with van der Waals surface area (Å²) in [5.74, 6) is 1.69. The molecule has 0 saturated heterocycles. The van der Waals surface area contributed by atoms with Gasteiger partial charge in [0.15, 0.2) is 0 Å². The Labute approximate surface area is 109 Å². The zero-order valence-corrected chi connectivity index (χ0v) is 10.6. The van der Waals surface area contributed by atoms with Crippen LogP contribution >= 0.6 is 11.6 Å². The van der Waals surface area contributed by atoms with Crippen molar-refractivity contribution in [2.75, 3.05) is 0 Å². The van der Waals surface area contributed by atoms with Crippen LogP contribution in [0.2, 0.25) is 5.02 Å². The van der Waals surface area contributed by atoms with E-state index in [-0.39, 0.29) is 16.3 Å². The van der Waals surface area contributed by atoms with Crippen LogP contribution in [0.3, 0.4) is 0 Å². The van der Waals surface area contributed by atoms with Gasteiger partial charge in [-0.3, -0.25) is 14.9 Å². The zero-order chi connectivity index (χ0) is 13.9. The zero-order valence-electron chi connectivity index (χ0n) is 9.86. The number of nitrogens with zero attached hydrogens (tertiary/aromatic N) is 1. The number of carbonyl (C=O) groups excluding carboxylic acids is 1. The molecule has 0 aliphatic rings. The van der Waals surface area contributed by atoms with Gasteiger partial charge in [0.05, 0.1) is 15.5 Å². The van der Waals surface area contributed by atoms with E-state index in [2.05, 4.69) is 11.2 Å². The maximum absolute atomic E-state index is 12.0. The highest BCUT2D eigenvalue weighted by Crippen LogP contribution is 2.26. The molecule has 1 amide bonds. The fourth-order valence-corrected chi connectivity index (χ4v) is 1.53. The molecule has 0 saturated carbocycles. The van der Waals surface area contributed by atoms with Crippen LogP contribution in [-0.2, 0) is 0 Å². The Balaban J connectivity index is 3.22. The fourth-order valence-electron chi connectivity index (χ4n) is 1.27. The van der Waals surface area contributed by atoms with Gasteiger partial charge in [-0.2, -0.15) is 0 Å². The first kappa shape index (κ1) is 14.0. The van der Waals surface area contributed by atoms with Crippen molar-refractivity contribution in [3.63, 3.8) is 0 Å².